The number of amides is 1. The van der Waals surface area contributed by atoms with Crippen molar-refractivity contribution in [1.82, 2.24) is 5.48 Å². The fourth-order valence-electron chi connectivity index (χ4n) is 1.93. The summed E-state index contributed by atoms with van der Waals surface area (Å²) in [6.07, 6.45) is 8.17. The van der Waals surface area contributed by atoms with Gasteiger partial charge in [0.2, 0.25) is 5.91 Å². The van der Waals surface area contributed by atoms with E-state index in [-0.39, 0.29) is 12.6 Å². The number of rotatable bonds is 15. The molecule has 0 aliphatic carbocycles. The lowest BCUT2D eigenvalue weighted by Crippen LogP contribution is -2.20. The Hall–Kier alpha value is -0.420. The van der Waals surface area contributed by atoms with Crippen LogP contribution in [0, 0.1) is 0 Å². The minimum atomic E-state index is -3.26. The van der Waals surface area contributed by atoms with Crippen molar-refractivity contribution >= 4 is 13.5 Å². The van der Waals surface area contributed by atoms with Gasteiger partial charge in [-0.1, -0.05) is 52.4 Å². The van der Waals surface area contributed by atoms with Gasteiger partial charge in [0, 0.05) is 6.42 Å². The van der Waals surface area contributed by atoms with Crippen molar-refractivity contribution in [3.8, 4) is 0 Å². The van der Waals surface area contributed by atoms with Crippen molar-refractivity contribution in [3.05, 3.63) is 0 Å². The quantitative estimate of drug-likeness (QED) is 0.202. The Morgan fingerprint density at radius 1 is 0.955 bits per heavy atom. The lowest BCUT2D eigenvalue weighted by molar-refractivity contribution is -0.128. The molecule has 0 aliphatic heterocycles. The van der Waals surface area contributed by atoms with E-state index in [0.29, 0.717) is 13.2 Å². The molecular formula is C15H32NO5P. The Bertz CT molecular complexity index is 307. The van der Waals surface area contributed by atoms with Crippen molar-refractivity contribution in [2.45, 2.75) is 71.6 Å². The first-order chi connectivity index (χ1) is 10.6. The first-order valence-electron chi connectivity index (χ1n) is 8.39. The molecule has 0 bridgehead atoms. The second-order valence-corrected chi connectivity index (χ2v) is 7.59. The van der Waals surface area contributed by atoms with Gasteiger partial charge >= 0.3 is 7.60 Å². The minimum absolute atomic E-state index is 0.000941. The standard InChI is InChI=1S/C15H32NO5P/c1-3-5-7-9-12-20-22(19,14-11-15(17)16-18)21-13-10-8-6-4-2/h18H,3-14H2,1-2H3,(H,16,17). The fraction of sp³-hybridized carbons (Fsp3) is 0.933. The van der Waals surface area contributed by atoms with Gasteiger partial charge in [0.05, 0.1) is 19.4 Å². The van der Waals surface area contributed by atoms with Crippen molar-refractivity contribution in [2.75, 3.05) is 19.4 Å². The van der Waals surface area contributed by atoms with E-state index in [1.165, 1.54) is 5.48 Å². The van der Waals surface area contributed by atoms with Crippen molar-refractivity contribution < 1.29 is 23.6 Å². The van der Waals surface area contributed by atoms with Crippen LogP contribution >= 0.6 is 7.60 Å². The minimum Gasteiger partial charge on any atom is -0.309 e. The van der Waals surface area contributed by atoms with Gasteiger partial charge in [-0.3, -0.25) is 14.6 Å². The fourth-order valence-corrected chi connectivity index (χ4v) is 3.55. The van der Waals surface area contributed by atoms with Crippen molar-refractivity contribution in [2.24, 2.45) is 0 Å². The van der Waals surface area contributed by atoms with Crippen molar-refractivity contribution in [3.63, 3.8) is 0 Å². The largest absolute Gasteiger partial charge is 0.331 e. The van der Waals surface area contributed by atoms with Gasteiger partial charge in [0.1, 0.15) is 0 Å². The lowest BCUT2D eigenvalue weighted by Gasteiger charge is -2.18. The van der Waals surface area contributed by atoms with Crippen LogP contribution in [0.5, 0.6) is 0 Å². The highest BCUT2D eigenvalue weighted by Crippen LogP contribution is 2.49. The van der Waals surface area contributed by atoms with Gasteiger partial charge < -0.3 is 9.05 Å². The summed E-state index contributed by atoms with van der Waals surface area (Å²) in [7, 11) is -3.26. The molecule has 6 nitrogen and oxygen atoms in total. The Morgan fingerprint density at radius 2 is 1.45 bits per heavy atom. The van der Waals surface area contributed by atoms with Crippen LogP contribution < -0.4 is 5.48 Å². The van der Waals surface area contributed by atoms with Crippen LogP contribution in [0.1, 0.15) is 71.6 Å². The molecule has 0 radical (unpaired) electrons. The molecule has 0 aliphatic rings. The van der Waals surface area contributed by atoms with E-state index in [1.54, 1.807) is 0 Å². The Labute approximate surface area is 134 Å². The monoisotopic (exact) mass is 337 g/mol. The first-order valence-corrected chi connectivity index (χ1v) is 10.1. The highest BCUT2D eigenvalue weighted by molar-refractivity contribution is 7.53. The SMILES string of the molecule is CCCCCCOP(=O)(CCC(=O)NO)OCCCCCC. The van der Waals surface area contributed by atoms with E-state index < -0.39 is 13.5 Å². The topological polar surface area (TPSA) is 84.9 Å². The van der Waals surface area contributed by atoms with Gasteiger partial charge in [-0.15, -0.1) is 0 Å². The number of hydroxylamine groups is 1. The highest BCUT2D eigenvalue weighted by Gasteiger charge is 2.25. The second-order valence-electron chi connectivity index (χ2n) is 5.41. The van der Waals surface area contributed by atoms with E-state index in [9.17, 15) is 9.36 Å². The number of carbonyl (C=O) groups excluding carboxylic acids is 1. The van der Waals surface area contributed by atoms with E-state index in [1.807, 2.05) is 0 Å². The van der Waals surface area contributed by atoms with Gasteiger partial charge in [-0.2, -0.15) is 0 Å². The zero-order valence-electron chi connectivity index (χ0n) is 14.0. The molecule has 22 heavy (non-hydrogen) atoms. The third-order valence-corrected chi connectivity index (χ3v) is 5.23. The van der Waals surface area contributed by atoms with Crippen molar-refractivity contribution in [1.29, 1.82) is 0 Å². The summed E-state index contributed by atoms with van der Waals surface area (Å²) in [6.45, 7) is 5.01. The molecule has 0 aromatic heterocycles. The molecular weight excluding hydrogens is 305 g/mol. The average Bonchev–Trinajstić information content (AvgIpc) is 2.52. The molecule has 0 saturated carbocycles. The van der Waals surface area contributed by atoms with Crippen LogP contribution in [0.25, 0.3) is 0 Å². The molecule has 7 heteroatoms. The maximum atomic E-state index is 12.6. The van der Waals surface area contributed by atoms with Gasteiger partial charge in [0.25, 0.3) is 0 Å². The molecule has 0 saturated heterocycles. The molecule has 0 atom stereocenters. The highest BCUT2D eigenvalue weighted by atomic mass is 31.2. The Morgan fingerprint density at radius 3 is 1.86 bits per heavy atom. The summed E-state index contributed by atoms with van der Waals surface area (Å²) in [4.78, 5) is 11.1. The average molecular weight is 337 g/mol. The summed E-state index contributed by atoms with van der Waals surface area (Å²) in [5.74, 6) is -0.579. The third-order valence-electron chi connectivity index (χ3n) is 3.31. The predicted molar refractivity (Wildman–Crippen MR) is 87.2 cm³/mol. The van der Waals surface area contributed by atoms with Crippen LogP contribution in [0.4, 0.5) is 0 Å². The van der Waals surface area contributed by atoms with E-state index >= 15 is 0 Å². The molecule has 0 heterocycles. The summed E-state index contributed by atoms with van der Waals surface area (Å²) in [5.41, 5.74) is 1.53. The van der Waals surface area contributed by atoms with E-state index in [4.69, 9.17) is 14.3 Å². The molecule has 0 unspecified atom stereocenters. The zero-order valence-corrected chi connectivity index (χ0v) is 14.9. The molecule has 0 aromatic carbocycles. The predicted octanol–water partition coefficient (Wildman–Crippen LogP) is 4.27. The number of hydrogen-bond donors (Lipinski definition) is 2. The second kappa shape index (κ2) is 14.2. The van der Waals surface area contributed by atoms with Gasteiger partial charge in [0.15, 0.2) is 0 Å². The third kappa shape index (κ3) is 12.2. The van der Waals surface area contributed by atoms with Crippen LogP contribution in [-0.4, -0.2) is 30.5 Å². The first kappa shape index (κ1) is 21.6. The van der Waals surface area contributed by atoms with E-state index in [0.717, 1.165) is 51.4 Å². The van der Waals surface area contributed by atoms with Crippen LogP contribution in [-0.2, 0) is 18.4 Å². The zero-order chi connectivity index (χ0) is 16.7. The van der Waals surface area contributed by atoms with Crippen LogP contribution in [0.15, 0.2) is 0 Å². The molecule has 0 rings (SSSR count). The van der Waals surface area contributed by atoms with Gasteiger partial charge in [-0.05, 0) is 12.8 Å². The molecule has 132 valence electrons. The number of unbranched alkanes of at least 4 members (excludes halogenated alkanes) is 6. The smallest absolute Gasteiger partial charge is 0.309 e. The maximum absolute atomic E-state index is 12.6. The summed E-state index contributed by atoms with van der Waals surface area (Å²) >= 11 is 0. The summed E-state index contributed by atoms with van der Waals surface area (Å²) in [6, 6.07) is 0. The molecule has 0 fully saturated rings. The normalized spacial score (nSPS) is 11.6. The summed E-state index contributed by atoms with van der Waals surface area (Å²) in [5, 5.41) is 8.51. The van der Waals surface area contributed by atoms with Crippen LogP contribution in [0.3, 0.4) is 0 Å². The summed E-state index contributed by atoms with van der Waals surface area (Å²) < 4.78 is 23.5. The molecule has 0 aromatic rings. The molecule has 1 amide bonds. The van der Waals surface area contributed by atoms with Crippen LogP contribution in [0.2, 0.25) is 0 Å². The molecule has 0 spiro atoms. The Kier molecular flexibility index (Phi) is 13.9. The van der Waals surface area contributed by atoms with Gasteiger partial charge in [-0.25, -0.2) is 5.48 Å². The van der Waals surface area contributed by atoms with E-state index in [2.05, 4.69) is 13.8 Å². The Balaban J connectivity index is 4.16. The lowest BCUT2D eigenvalue weighted by atomic mass is 10.2. The number of nitrogens with one attached hydrogen (secondary N) is 1. The number of hydrogen-bond acceptors (Lipinski definition) is 5. The maximum Gasteiger partial charge on any atom is 0.331 e. The number of carbonyl (C=O) groups is 1. The molecule has 2 N–H and O–H groups in total.